The van der Waals surface area contributed by atoms with Gasteiger partial charge in [-0.3, -0.25) is 9.59 Å². The molecule has 0 radical (unpaired) electrons. The quantitative estimate of drug-likeness (QED) is 0.848. The molecule has 2 bridgehead atoms. The number of carboxylic acid groups (broad SMARTS) is 1. The van der Waals surface area contributed by atoms with E-state index in [1.54, 1.807) is 4.90 Å². The van der Waals surface area contributed by atoms with E-state index in [0.29, 0.717) is 13.0 Å². The number of carbonyl (C=O) groups is 2. The Morgan fingerprint density at radius 3 is 2.38 bits per heavy atom. The van der Waals surface area contributed by atoms with E-state index in [4.69, 9.17) is 0 Å². The number of carboxylic acids is 1. The molecule has 0 aromatic carbocycles. The van der Waals surface area contributed by atoms with Crippen molar-refractivity contribution >= 4 is 11.9 Å². The molecule has 1 N–H and O–H groups in total. The summed E-state index contributed by atoms with van der Waals surface area (Å²) in [4.78, 5) is 25.7. The number of carbonyl (C=O) groups excluding carboxylic acids is 1. The van der Waals surface area contributed by atoms with Crippen LogP contribution in [0.15, 0.2) is 0 Å². The van der Waals surface area contributed by atoms with E-state index >= 15 is 0 Å². The largest absolute Gasteiger partial charge is 0.481 e. The third kappa shape index (κ3) is 1.98. The lowest BCUT2D eigenvalue weighted by atomic mass is 9.72. The maximum absolute atomic E-state index is 13.2. The zero-order valence-corrected chi connectivity index (χ0v) is 11.7. The maximum atomic E-state index is 13.2. The molecule has 4 nitrogen and oxygen atoms in total. The first kappa shape index (κ1) is 13.5. The van der Waals surface area contributed by atoms with Crippen molar-refractivity contribution in [3.8, 4) is 0 Å². The minimum atomic E-state index is -2.60. The monoisotopic (exact) mass is 299 g/mol. The van der Waals surface area contributed by atoms with E-state index in [1.165, 1.54) is 0 Å². The summed E-state index contributed by atoms with van der Waals surface area (Å²) in [5.74, 6) is -4.30. The molecule has 6 heteroatoms. The Morgan fingerprint density at radius 1 is 1.14 bits per heavy atom. The van der Waals surface area contributed by atoms with Crippen molar-refractivity contribution in [2.24, 2.45) is 29.6 Å². The highest BCUT2D eigenvalue weighted by atomic mass is 19.3. The van der Waals surface area contributed by atoms with E-state index in [1.807, 2.05) is 0 Å². The number of rotatable bonds is 2. The number of halogens is 2. The lowest BCUT2D eigenvalue weighted by Gasteiger charge is -2.48. The van der Waals surface area contributed by atoms with Crippen molar-refractivity contribution < 1.29 is 23.5 Å². The van der Waals surface area contributed by atoms with Gasteiger partial charge in [0.05, 0.1) is 5.92 Å². The minimum Gasteiger partial charge on any atom is -0.481 e. The van der Waals surface area contributed by atoms with Gasteiger partial charge in [-0.1, -0.05) is 0 Å². The average molecular weight is 299 g/mol. The summed E-state index contributed by atoms with van der Waals surface area (Å²) in [6.07, 6.45) is 2.04. The van der Waals surface area contributed by atoms with Crippen LogP contribution in [0.1, 0.15) is 32.1 Å². The minimum absolute atomic E-state index is 0.0545. The third-order valence-electron chi connectivity index (χ3n) is 6.06. The standard InChI is InChI=1S/C15H19F2NO3/c16-15(17)4-9-10(5-15)12(9)13(19)18-6-7-1-2-11(18)8(3-7)14(20)21/h7-12H,1-6H2,(H,20,21)/t7-,8-,9-,10+,11+,12?/m1/s1. The maximum Gasteiger partial charge on any atom is 0.308 e. The Labute approximate surface area is 121 Å². The molecular formula is C15H19F2NO3. The van der Waals surface area contributed by atoms with Crippen molar-refractivity contribution in [2.75, 3.05) is 6.54 Å². The van der Waals surface area contributed by atoms with Gasteiger partial charge in [0.15, 0.2) is 0 Å². The normalized spacial score (nSPS) is 46.3. The van der Waals surface area contributed by atoms with Gasteiger partial charge < -0.3 is 10.0 Å². The summed E-state index contributed by atoms with van der Waals surface area (Å²) in [7, 11) is 0. The fourth-order valence-corrected chi connectivity index (χ4v) is 5.05. The van der Waals surface area contributed by atoms with Crippen LogP contribution in [0.2, 0.25) is 0 Å². The van der Waals surface area contributed by atoms with E-state index in [2.05, 4.69) is 0 Å². The molecule has 2 aliphatic heterocycles. The van der Waals surface area contributed by atoms with Gasteiger partial charge in [0.2, 0.25) is 11.8 Å². The van der Waals surface area contributed by atoms with Gasteiger partial charge in [-0.15, -0.1) is 0 Å². The molecule has 5 aliphatic rings. The van der Waals surface area contributed by atoms with Crippen molar-refractivity contribution in [1.82, 2.24) is 4.90 Å². The molecule has 0 aromatic heterocycles. The number of amides is 1. The number of alkyl halides is 2. The zero-order chi connectivity index (χ0) is 14.9. The fourth-order valence-electron chi connectivity index (χ4n) is 5.05. The summed E-state index contributed by atoms with van der Waals surface area (Å²) in [6.45, 7) is 0.625. The molecule has 6 atom stereocenters. The predicted molar refractivity (Wildman–Crippen MR) is 68.6 cm³/mol. The molecule has 1 amide bonds. The third-order valence-corrected chi connectivity index (χ3v) is 6.06. The first-order valence-corrected chi connectivity index (χ1v) is 7.78. The highest BCUT2D eigenvalue weighted by Gasteiger charge is 2.66. The second-order valence-electron chi connectivity index (χ2n) is 7.30. The molecule has 3 saturated carbocycles. The Kier molecular flexibility index (Phi) is 2.67. The van der Waals surface area contributed by atoms with Gasteiger partial charge in [-0.2, -0.15) is 0 Å². The Hall–Kier alpha value is -1.20. The van der Waals surface area contributed by atoms with Gasteiger partial charge in [0.1, 0.15) is 0 Å². The summed E-state index contributed by atoms with van der Waals surface area (Å²) >= 11 is 0. The summed E-state index contributed by atoms with van der Waals surface area (Å²) in [5, 5.41) is 9.31. The van der Waals surface area contributed by atoms with Gasteiger partial charge in [0.25, 0.3) is 0 Å². The molecule has 2 heterocycles. The van der Waals surface area contributed by atoms with Crippen molar-refractivity contribution in [3.05, 3.63) is 0 Å². The van der Waals surface area contributed by atoms with Crippen LogP contribution in [0, 0.1) is 29.6 Å². The molecule has 3 aliphatic carbocycles. The van der Waals surface area contributed by atoms with E-state index in [9.17, 15) is 23.5 Å². The van der Waals surface area contributed by atoms with Crippen LogP contribution >= 0.6 is 0 Å². The number of aliphatic carboxylic acids is 1. The Morgan fingerprint density at radius 2 is 1.81 bits per heavy atom. The first-order valence-electron chi connectivity index (χ1n) is 7.78. The molecule has 5 rings (SSSR count). The summed E-state index contributed by atoms with van der Waals surface area (Å²) in [6, 6.07) is -0.221. The lowest BCUT2D eigenvalue weighted by Crippen LogP contribution is -2.57. The molecule has 2 saturated heterocycles. The number of piperidine rings is 2. The second-order valence-corrected chi connectivity index (χ2v) is 7.30. The van der Waals surface area contributed by atoms with Crippen LogP contribution in [-0.2, 0) is 9.59 Å². The van der Waals surface area contributed by atoms with Crippen LogP contribution in [-0.4, -0.2) is 40.4 Å². The highest BCUT2D eigenvalue weighted by molar-refractivity contribution is 5.84. The molecular weight excluding hydrogens is 280 g/mol. The van der Waals surface area contributed by atoms with Crippen molar-refractivity contribution in [1.29, 1.82) is 0 Å². The number of hydrogen-bond donors (Lipinski definition) is 1. The van der Waals surface area contributed by atoms with E-state index < -0.39 is 17.8 Å². The lowest BCUT2D eigenvalue weighted by molar-refractivity contribution is -0.156. The second kappa shape index (κ2) is 4.17. The van der Waals surface area contributed by atoms with Crippen LogP contribution < -0.4 is 0 Å². The number of nitrogens with zero attached hydrogens (tertiary/aromatic N) is 1. The molecule has 116 valence electrons. The van der Waals surface area contributed by atoms with Gasteiger partial charge in [-0.25, -0.2) is 8.78 Å². The van der Waals surface area contributed by atoms with Gasteiger partial charge in [0, 0.05) is 31.3 Å². The molecule has 1 unspecified atom stereocenters. The molecule has 5 fully saturated rings. The first-order chi connectivity index (χ1) is 9.87. The molecule has 21 heavy (non-hydrogen) atoms. The van der Waals surface area contributed by atoms with Crippen molar-refractivity contribution in [2.45, 2.75) is 44.1 Å². The Balaban J connectivity index is 1.48. The zero-order valence-electron chi connectivity index (χ0n) is 11.7. The summed E-state index contributed by atoms with van der Waals surface area (Å²) in [5.41, 5.74) is 0. The molecule has 0 aromatic rings. The van der Waals surface area contributed by atoms with Gasteiger partial charge in [-0.05, 0) is 37.0 Å². The van der Waals surface area contributed by atoms with Gasteiger partial charge >= 0.3 is 5.97 Å². The van der Waals surface area contributed by atoms with Crippen LogP contribution in [0.4, 0.5) is 8.78 Å². The topological polar surface area (TPSA) is 57.6 Å². The van der Waals surface area contributed by atoms with Crippen molar-refractivity contribution in [3.63, 3.8) is 0 Å². The van der Waals surface area contributed by atoms with Crippen LogP contribution in [0.3, 0.4) is 0 Å². The SMILES string of the molecule is O=C(O)[C@@H]1C[C@H]2CC[C@@H]1N(C(=O)C1[C@H]3CC(F)(F)C[C@@H]13)C2. The molecule has 0 spiro atoms. The summed E-state index contributed by atoms with van der Waals surface area (Å²) < 4.78 is 26.4. The number of fused-ring (bicyclic) bond motifs is 4. The predicted octanol–water partition coefficient (Wildman–Crippen LogP) is 1.99. The highest BCUT2D eigenvalue weighted by Crippen LogP contribution is 2.63. The fraction of sp³-hybridized carbons (Fsp3) is 0.867. The smallest absolute Gasteiger partial charge is 0.308 e. The number of hydrogen-bond acceptors (Lipinski definition) is 2. The van der Waals surface area contributed by atoms with E-state index in [0.717, 1.165) is 12.8 Å². The van der Waals surface area contributed by atoms with Crippen LogP contribution in [0.25, 0.3) is 0 Å². The average Bonchev–Trinajstić information content (AvgIpc) is 2.97. The van der Waals surface area contributed by atoms with E-state index in [-0.39, 0.29) is 48.5 Å². The van der Waals surface area contributed by atoms with Crippen LogP contribution in [0.5, 0.6) is 0 Å². The Bertz CT molecular complexity index is 495.